The maximum atomic E-state index is 12.2. The first-order valence-electron chi connectivity index (χ1n) is 9.06. The molecule has 0 bridgehead atoms. The number of pyridine rings is 1. The Kier molecular flexibility index (Phi) is 5.07. The number of carbonyl (C=O) groups excluding carboxylic acids is 1. The van der Waals surface area contributed by atoms with E-state index in [-0.39, 0.29) is 11.3 Å². The molecule has 25 heavy (non-hydrogen) atoms. The molecule has 0 radical (unpaired) electrons. The van der Waals surface area contributed by atoms with Crippen molar-refractivity contribution in [3.05, 3.63) is 53.9 Å². The van der Waals surface area contributed by atoms with E-state index in [0.717, 1.165) is 24.2 Å². The molecule has 0 unspecified atom stereocenters. The summed E-state index contributed by atoms with van der Waals surface area (Å²) >= 11 is 0. The standard InChI is InChI=1S/C21H27N3O/c1-21(2,3)15-8-10-17(11-9-15)23-18-12-13-19(22-14-18)20(25)24-16-6-4-5-7-16/h8-14,16,23H,4-7H2,1-3H3,(H,24,25). The highest BCUT2D eigenvalue weighted by Gasteiger charge is 2.18. The molecule has 0 saturated heterocycles. The second-order valence-corrected chi connectivity index (χ2v) is 7.84. The average Bonchev–Trinajstić information content (AvgIpc) is 3.08. The predicted molar refractivity (Wildman–Crippen MR) is 102 cm³/mol. The van der Waals surface area contributed by atoms with Crippen LogP contribution in [0.15, 0.2) is 42.6 Å². The number of aromatic nitrogens is 1. The van der Waals surface area contributed by atoms with Crippen LogP contribution in [0.5, 0.6) is 0 Å². The number of anilines is 2. The highest BCUT2D eigenvalue weighted by Crippen LogP contribution is 2.25. The zero-order valence-corrected chi connectivity index (χ0v) is 15.3. The number of amides is 1. The summed E-state index contributed by atoms with van der Waals surface area (Å²) in [4.78, 5) is 16.5. The predicted octanol–water partition coefficient (Wildman–Crippen LogP) is 4.80. The molecule has 2 aromatic rings. The fraction of sp³-hybridized carbons (Fsp3) is 0.429. The summed E-state index contributed by atoms with van der Waals surface area (Å²) in [5.41, 5.74) is 3.81. The first-order valence-corrected chi connectivity index (χ1v) is 9.06. The summed E-state index contributed by atoms with van der Waals surface area (Å²) in [6, 6.07) is 12.4. The molecule has 1 aromatic carbocycles. The molecule has 0 atom stereocenters. The lowest BCUT2D eigenvalue weighted by molar-refractivity contribution is 0.0933. The lowest BCUT2D eigenvalue weighted by Crippen LogP contribution is -2.33. The van der Waals surface area contributed by atoms with E-state index in [4.69, 9.17) is 0 Å². The lowest BCUT2D eigenvalue weighted by atomic mass is 9.87. The van der Waals surface area contributed by atoms with Crippen LogP contribution < -0.4 is 10.6 Å². The Morgan fingerprint density at radius 1 is 1.00 bits per heavy atom. The SMILES string of the molecule is CC(C)(C)c1ccc(Nc2ccc(C(=O)NC3CCCC3)nc2)cc1. The fourth-order valence-corrected chi connectivity index (χ4v) is 3.15. The quantitative estimate of drug-likeness (QED) is 0.843. The molecule has 1 aliphatic carbocycles. The number of carbonyl (C=O) groups is 1. The summed E-state index contributed by atoms with van der Waals surface area (Å²) in [5.74, 6) is -0.0759. The summed E-state index contributed by atoms with van der Waals surface area (Å²) in [6.45, 7) is 6.61. The zero-order valence-electron chi connectivity index (χ0n) is 15.3. The van der Waals surface area contributed by atoms with Crippen molar-refractivity contribution in [2.24, 2.45) is 0 Å². The van der Waals surface area contributed by atoms with E-state index < -0.39 is 0 Å². The molecule has 1 heterocycles. The minimum atomic E-state index is -0.0759. The molecule has 1 aromatic heterocycles. The Balaban J connectivity index is 1.61. The zero-order chi connectivity index (χ0) is 17.9. The van der Waals surface area contributed by atoms with Gasteiger partial charge in [-0.2, -0.15) is 0 Å². The van der Waals surface area contributed by atoms with Crippen LogP contribution in [-0.2, 0) is 5.41 Å². The molecular weight excluding hydrogens is 310 g/mol. The summed E-state index contributed by atoms with van der Waals surface area (Å²) in [6.07, 6.45) is 6.28. The Labute approximate surface area is 150 Å². The van der Waals surface area contributed by atoms with Gasteiger partial charge in [0, 0.05) is 11.7 Å². The Morgan fingerprint density at radius 2 is 1.64 bits per heavy atom. The second-order valence-electron chi connectivity index (χ2n) is 7.84. The van der Waals surface area contributed by atoms with Crippen LogP contribution in [0.3, 0.4) is 0 Å². The molecule has 0 spiro atoms. The van der Waals surface area contributed by atoms with Gasteiger partial charge in [-0.1, -0.05) is 45.7 Å². The van der Waals surface area contributed by atoms with Crippen molar-refractivity contribution in [3.63, 3.8) is 0 Å². The monoisotopic (exact) mass is 337 g/mol. The topological polar surface area (TPSA) is 54.0 Å². The molecular formula is C21H27N3O. The van der Waals surface area contributed by atoms with Crippen molar-refractivity contribution < 1.29 is 4.79 Å². The van der Waals surface area contributed by atoms with Gasteiger partial charge in [-0.25, -0.2) is 4.98 Å². The average molecular weight is 337 g/mol. The Bertz CT molecular complexity index is 708. The molecule has 1 aliphatic rings. The molecule has 0 aliphatic heterocycles. The highest BCUT2D eigenvalue weighted by atomic mass is 16.1. The number of hydrogen-bond donors (Lipinski definition) is 2. The van der Waals surface area contributed by atoms with Crippen LogP contribution in [0.1, 0.15) is 62.5 Å². The molecule has 4 nitrogen and oxygen atoms in total. The number of nitrogens with one attached hydrogen (secondary N) is 2. The second kappa shape index (κ2) is 7.26. The third-order valence-corrected chi connectivity index (χ3v) is 4.73. The van der Waals surface area contributed by atoms with Gasteiger partial charge in [0.2, 0.25) is 0 Å². The van der Waals surface area contributed by atoms with Crippen LogP contribution in [0.25, 0.3) is 0 Å². The molecule has 132 valence electrons. The van der Waals surface area contributed by atoms with Crippen molar-refractivity contribution >= 4 is 17.3 Å². The summed E-state index contributed by atoms with van der Waals surface area (Å²) in [7, 11) is 0. The number of rotatable bonds is 4. The van der Waals surface area contributed by atoms with E-state index in [1.54, 1.807) is 12.3 Å². The van der Waals surface area contributed by atoms with Crippen LogP contribution in [0, 0.1) is 0 Å². The normalized spacial score (nSPS) is 15.2. The van der Waals surface area contributed by atoms with Crippen molar-refractivity contribution in [2.45, 2.75) is 57.9 Å². The molecule has 1 fully saturated rings. The van der Waals surface area contributed by atoms with Gasteiger partial charge in [-0.05, 0) is 48.1 Å². The van der Waals surface area contributed by atoms with E-state index in [0.29, 0.717) is 11.7 Å². The van der Waals surface area contributed by atoms with Crippen molar-refractivity contribution in [3.8, 4) is 0 Å². The van der Waals surface area contributed by atoms with Crippen LogP contribution in [0.4, 0.5) is 11.4 Å². The Morgan fingerprint density at radius 3 is 2.20 bits per heavy atom. The van der Waals surface area contributed by atoms with Crippen LogP contribution in [0.2, 0.25) is 0 Å². The molecule has 1 amide bonds. The Hall–Kier alpha value is -2.36. The fourth-order valence-electron chi connectivity index (χ4n) is 3.15. The van der Waals surface area contributed by atoms with Crippen LogP contribution >= 0.6 is 0 Å². The van der Waals surface area contributed by atoms with Crippen molar-refractivity contribution in [1.29, 1.82) is 0 Å². The summed E-state index contributed by atoms with van der Waals surface area (Å²) < 4.78 is 0. The molecule has 4 heteroatoms. The number of hydrogen-bond acceptors (Lipinski definition) is 3. The maximum Gasteiger partial charge on any atom is 0.270 e. The largest absolute Gasteiger partial charge is 0.354 e. The van der Waals surface area contributed by atoms with Gasteiger partial charge < -0.3 is 10.6 Å². The van der Waals surface area contributed by atoms with Crippen LogP contribution in [-0.4, -0.2) is 16.9 Å². The van der Waals surface area contributed by atoms with Crippen molar-refractivity contribution in [1.82, 2.24) is 10.3 Å². The minimum absolute atomic E-state index is 0.0759. The number of benzene rings is 1. The molecule has 3 rings (SSSR count). The van der Waals surface area contributed by atoms with Gasteiger partial charge >= 0.3 is 0 Å². The van der Waals surface area contributed by atoms with Gasteiger partial charge in [0.15, 0.2) is 0 Å². The van der Waals surface area contributed by atoms with Crippen molar-refractivity contribution in [2.75, 3.05) is 5.32 Å². The van der Waals surface area contributed by atoms with E-state index in [1.807, 2.05) is 6.07 Å². The minimum Gasteiger partial charge on any atom is -0.354 e. The van der Waals surface area contributed by atoms with E-state index in [1.165, 1.54) is 18.4 Å². The maximum absolute atomic E-state index is 12.2. The van der Waals surface area contributed by atoms with Gasteiger partial charge in [0.25, 0.3) is 5.91 Å². The molecule has 1 saturated carbocycles. The van der Waals surface area contributed by atoms with Gasteiger partial charge in [-0.15, -0.1) is 0 Å². The van der Waals surface area contributed by atoms with E-state index >= 15 is 0 Å². The van der Waals surface area contributed by atoms with E-state index in [2.05, 4.69) is 60.7 Å². The lowest BCUT2D eigenvalue weighted by Gasteiger charge is -2.19. The molecule has 2 N–H and O–H groups in total. The van der Waals surface area contributed by atoms with E-state index in [9.17, 15) is 4.79 Å². The first kappa shape index (κ1) is 17.5. The third kappa shape index (κ3) is 4.59. The third-order valence-electron chi connectivity index (χ3n) is 4.73. The summed E-state index contributed by atoms with van der Waals surface area (Å²) in [5, 5.41) is 6.39. The number of nitrogens with zero attached hydrogens (tertiary/aromatic N) is 1. The van der Waals surface area contributed by atoms with Gasteiger partial charge in [0.1, 0.15) is 5.69 Å². The van der Waals surface area contributed by atoms with Gasteiger partial charge in [0.05, 0.1) is 11.9 Å². The van der Waals surface area contributed by atoms with Gasteiger partial charge in [-0.3, -0.25) is 4.79 Å². The highest BCUT2D eigenvalue weighted by molar-refractivity contribution is 5.92. The smallest absolute Gasteiger partial charge is 0.270 e. The first-order chi connectivity index (χ1) is 11.9.